The lowest BCUT2D eigenvalue weighted by molar-refractivity contribution is -0.00663. The highest BCUT2D eigenvalue weighted by atomic mass is 32.1. The zero-order chi connectivity index (χ0) is 14.5. The number of nitrogens with one attached hydrogen (secondary N) is 2. The number of urea groups is 1. The smallest absolute Gasteiger partial charge is 0.338 e. The fourth-order valence-corrected chi connectivity index (χ4v) is 2.23. The van der Waals surface area contributed by atoms with Crippen LogP contribution in [-0.4, -0.2) is 35.9 Å². The molecule has 1 aromatic heterocycles. The van der Waals surface area contributed by atoms with Crippen molar-refractivity contribution in [3.05, 3.63) is 17.0 Å². The van der Waals surface area contributed by atoms with Crippen LogP contribution in [-0.2, 0) is 4.74 Å². The van der Waals surface area contributed by atoms with Crippen molar-refractivity contribution in [1.82, 2.24) is 5.32 Å². The van der Waals surface area contributed by atoms with Crippen molar-refractivity contribution >= 4 is 28.3 Å². The molecule has 1 rings (SSSR count). The largest absolute Gasteiger partial charge is 0.478 e. The van der Waals surface area contributed by atoms with Crippen LogP contribution >= 0.6 is 11.3 Å². The topological polar surface area (TPSA) is 87.7 Å². The van der Waals surface area contributed by atoms with Crippen molar-refractivity contribution in [3.8, 4) is 0 Å². The number of anilines is 1. The third kappa shape index (κ3) is 4.88. The van der Waals surface area contributed by atoms with E-state index in [0.717, 1.165) is 0 Å². The summed E-state index contributed by atoms with van der Waals surface area (Å²) in [6, 6.07) is 1.00. The molecule has 19 heavy (non-hydrogen) atoms. The summed E-state index contributed by atoms with van der Waals surface area (Å²) >= 11 is 1.17. The standard InChI is InChI=1S/C12H18N2O4S/c1-4-18-12(2,3)7-13-11(17)14-9-8(10(15)16)5-6-19-9/h5-6H,4,7H2,1-3H3,(H,15,16)(H2,13,14,17). The van der Waals surface area contributed by atoms with Gasteiger partial charge in [0.25, 0.3) is 0 Å². The number of carbonyl (C=O) groups is 2. The second kappa shape index (κ2) is 6.53. The normalized spacial score (nSPS) is 11.1. The molecule has 7 heteroatoms. The molecule has 0 aromatic carbocycles. The van der Waals surface area contributed by atoms with Gasteiger partial charge in [-0.2, -0.15) is 0 Å². The van der Waals surface area contributed by atoms with E-state index in [1.165, 1.54) is 17.4 Å². The van der Waals surface area contributed by atoms with Gasteiger partial charge in [0, 0.05) is 13.2 Å². The van der Waals surface area contributed by atoms with Crippen LogP contribution in [0.5, 0.6) is 0 Å². The quantitative estimate of drug-likeness (QED) is 0.749. The molecule has 0 aliphatic rings. The Kier molecular flexibility index (Phi) is 5.31. The minimum Gasteiger partial charge on any atom is -0.478 e. The number of thiophene rings is 1. The van der Waals surface area contributed by atoms with Gasteiger partial charge >= 0.3 is 12.0 Å². The Morgan fingerprint density at radius 3 is 2.74 bits per heavy atom. The summed E-state index contributed by atoms with van der Waals surface area (Å²) < 4.78 is 5.44. The average molecular weight is 286 g/mol. The first-order chi connectivity index (χ1) is 8.85. The van der Waals surface area contributed by atoms with Crippen molar-refractivity contribution in [1.29, 1.82) is 0 Å². The number of amides is 2. The summed E-state index contributed by atoms with van der Waals surface area (Å²) in [5, 5.41) is 16.0. The van der Waals surface area contributed by atoms with Crippen LogP contribution < -0.4 is 10.6 Å². The van der Waals surface area contributed by atoms with Crippen LogP contribution in [0.25, 0.3) is 0 Å². The third-order valence-corrected chi connectivity index (χ3v) is 3.16. The van der Waals surface area contributed by atoms with E-state index in [0.29, 0.717) is 18.2 Å². The molecule has 0 aliphatic carbocycles. The van der Waals surface area contributed by atoms with Gasteiger partial charge in [0.05, 0.1) is 11.2 Å². The predicted molar refractivity (Wildman–Crippen MR) is 74.0 cm³/mol. The Labute approximate surface area is 115 Å². The van der Waals surface area contributed by atoms with E-state index < -0.39 is 17.6 Å². The Morgan fingerprint density at radius 1 is 1.47 bits per heavy atom. The van der Waals surface area contributed by atoms with Crippen LogP contribution in [0, 0.1) is 0 Å². The molecule has 0 saturated heterocycles. The van der Waals surface area contributed by atoms with E-state index in [4.69, 9.17) is 9.84 Å². The summed E-state index contributed by atoms with van der Waals surface area (Å²) in [5.41, 5.74) is -0.374. The second-order valence-electron chi connectivity index (χ2n) is 4.47. The molecule has 0 spiro atoms. The van der Waals surface area contributed by atoms with Crippen molar-refractivity contribution in [3.63, 3.8) is 0 Å². The van der Waals surface area contributed by atoms with E-state index in [2.05, 4.69) is 10.6 Å². The van der Waals surface area contributed by atoms with Crippen LogP contribution in [0.1, 0.15) is 31.1 Å². The molecular weight excluding hydrogens is 268 g/mol. The molecule has 0 atom stereocenters. The fraction of sp³-hybridized carbons (Fsp3) is 0.500. The van der Waals surface area contributed by atoms with Gasteiger partial charge in [0.15, 0.2) is 0 Å². The number of hydrogen-bond acceptors (Lipinski definition) is 4. The van der Waals surface area contributed by atoms with E-state index in [-0.39, 0.29) is 5.56 Å². The highest BCUT2D eigenvalue weighted by Crippen LogP contribution is 2.22. The molecule has 0 bridgehead atoms. The lowest BCUT2D eigenvalue weighted by Gasteiger charge is -2.24. The van der Waals surface area contributed by atoms with E-state index in [9.17, 15) is 9.59 Å². The van der Waals surface area contributed by atoms with Crippen molar-refractivity contribution < 1.29 is 19.4 Å². The molecule has 0 saturated carbocycles. The highest BCUT2D eigenvalue weighted by Gasteiger charge is 2.19. The summed E-state index contributed by atoms with van der Waals surface area (Å²) in [5.74, 6) is -1.06. The molecule has 0 aliphatic heterocycles. The highest BCUT2D eigenvalue weighted by molar-refractivity contribution is 7.14. The van der Waals surface area contributed by atoms with Crippen LogP contribution in [0.4, 0.5) is 9.80 Å². The molecule has 3 N–H and O–H groups in total. The number of carbonyl (C=O) groups excluding carboxylic acids is 1. The number of aromatic carboxylic acids is 1. The lowest BCUT2D eigenvalue weighted by atomic mass is 10.1. The maximum Gasteiger partial charge on any atom is 0.338 e. The summed E-state index contributed by atoms with van der Waals surface area (Å²) in [7, 11) is 0. The van der Waals surface area contributed by atoms with Crippen LogP contribution in [0.2, 0.25) is 0 Å². The molecule has 1 heterocycles. The predicted octanol–water partition coefficient (Wildman–Crippen LogP) is 2.38. The zero-order valence-electron chi connectivity index (χ0n) is 11.1. The molecule has 1 aromatic rings. The molecule has 106 valence electrons. The molecular formula is C12H18N2O4S. The van der Waals surface area contributed by atoms with Gasteiger partial charge in [-0.25, -0.2) is 9.59 Å². The van der Waals surface area contributed by atoms with Gasteiger partial charge in [0.1, 0.15) is 5.00 Å². The van der Waals surface area contributed by atoms with Crippen LogP contribution in [0.15, 0.2) is 11.4 Å². The number of hydrogen-bond donors (Lipinski definition) is 3. The third-order valence-electron chi connectivity index (χ3n) is 2.33. The van der Waals surface area contributed by atoms with Gasteiger partial charge < -0.3 is 15.2 Å². The Balaban J connectivity index is 2.52. The maximum atomic E-state index is 11.7. The maximum absolute atomic E-state index is 11.7. The minimum atomic E-state index is -1.06. The number of carboxylic acids is 1. The molecule has 0 radical (unpaired) electrons. The van der Waals surface area contributed by atoms with Gasteiger partial charge in [-0.15, -0.1) is 11.3 Å². The second-order valence-corrected chi connectivity index (χ2v) is 5.39. The van der Waals surface area contributed by atoms with Crippen molar-refractivity contribution in [2.45, 2.75) is 26.4 Å². The first kappa shape index (κ1) is 15.5. The Bertz CT molecular complexity index is 456. The average Bonchev–Trinajstić information content (AvgIpc) is 2.75. The zero-order valence-corrected chi connectivity index (χ0v) is 12.0. The summed E-state index contributed by atoms with van der Waals surface area (Å²) in [6.45, 7) is 6.51. The number of ether oxygens (including phenoxy) is 1. The van der Waals surface area contributed by atoms with Crippen LogP contribution in [0.3, 0.4) is 0 Å². The Hall–Kier alpha value is -1.60. The Morgan fingerprint density at radius 2 is 2.16 bits per heavy atom. The number of carboxylic acid groups (broad SMARTS) is 1. The molecule has 0 unspecified atom stereocenters. The van der Waals surface area contributed by atoms with E-state index in [1.54, 1.807) is 5.38 Å². The lowest BCUT2D eigenvalue weighted by Crippen LogP contribution is -2.42. The van der Waals surface area contributed by atoms with E-state index >= 15 is 0 Å². The minimum absolute atomic E-state index is 0.0872. The van der Waals surface area contributed by atoms with E-state index in [1.807, 2.05) is 20.8 Å². The number of rotatable bonds is 6. The van der Waals surface area contributed by atoms with Gasteiger partial charge in [-0.3, -0.25) is 5.32 Å². The SMILES string of the molecule is CCOC(C)(C)CNC(=O)Nc1sccc1C(=O)O. The monoisotopic (exact) mass is 286 g/mol. The van der Waals surface area contributed by atoms with Crippen molar-refractivity contribution in [2.24, 2.45) is 0 Å². The van der Waals surface area contributed by atoms with Crippen molar-refractivity contribution in [2.75, 3.05) is 18.5 Å². The summed E-state index contributed by atoms with van der Waals surface area (Å²) in [6.07, 6.45) is 0. The fourth-order valence-electron chi connectivity index (χ4n) is 1.46. The van der Waals surface area contributed by atoms with Gasteiger partial charge in [-0.05, 0) is 32.2 Å². The van der Waals surface area contributed by atoms with Gasteiger partial charge in [0.2, 0.25) is 0 Å². The molecule has 0 fully saturated rings. The van der Waals surface area contributed by atoms with Gasteiger partial charge in [-0.1, -0.05) is 0 Å². The summed E-state index contributed by atoms with van der Waals surface area (Å²) in [4.78, 5) is 22.6. The molecule has 6 nitrogen and oxygen atoms in total. The molecule has 2 amide bonds. The first-order valence-electron chi connectivity index (χ1n) is 5.85. The first-order valence-corrected chi connectivity index (χ1v) is 6.73.